The Bertz CT molecular complexity index is 1110. The number of aromatic nitrogens is 2. The maximum atomic E-state index is 13.1. The van der Waals surface area contributed by atoms with Crippen LogP contribution in [0.3, 0.4) is 0 Å². The third-order valence-electron chi connectivity index (χ3n) is 3.85. The Morgan fingerprint density at radius 3 is 2.70 bits per heavy atom. The van der Waals surface area contributed by atoms with Gasteiger partial charge < -0.3 is 9.73 Å². The Labute approximate surface area is 162 Å². The van der Waals surface area contributed by atoms with E-state index in [9.17, 15) is 9.18 Å². The predicted octanol–water partition coefficient (Wildman–Crippen LogP) is 5.28. The molecule has 0 unspecified atom stereocenters. The second kappa shape index (κ2) is 7.50. The molecule has 0 saturated carbocycles. The summed E-state index contributed by atoms with van der Waals surface area (Å²) in [4.78, 5) is 12.8. The monoisotopic (exact) mass is 399 g/mol. The van der Waals surface area contributed by atoms with Crippen molar-refractivity contribution in [1.82, 2.24) is 10.2 Å². The number of furan rings is 1. The summed E-state index contributed by atoms with van der Waals surface area (Å²) in [5.74, 6) is 0.0370. The van der Waals surface area contributed by atoms with Gasteiger partial charge in [-0.3, -0.25) is 4.79 Å². The molecular weight excluding hydrogens is 385 g/mol. The average Bonchev–Trinajstić information content (AvgIpc) is 3.25. The Morgan fingerprint density at radius 2 is 1.96 bits per heavy atom. The maximum absolute atomic E-state index is 13.1. The van der Waals surface area contributed by atoms with Gasteiger partial charge in [-0.25, -0.2) is 4.39 Å². The number of benzene rings is 2. The molecule has 4 rings (SSSR count). The van der Waals surface area contributed by atoms with Gasteiger partial charge in [-0.05, 0) is 37.3 Å². The first-order chi connectivity index (χ1) is 13.1. The molecule has 8 heteroatoms. The summed E-state index contributed by atoms with van der Waals surface area (Å²) in [6, 6.07) is 13.1. The van der Waals surface area contributed by atoms with Crippen LogP contribution < -0.4 is 5.32 Å². The molecule has 2 aromatic carbocycles. The van der Waals surface area contributed by atoms with Crippen LogP contribution in [0.2, 0.25) is 0 Å². The standard InChI is InChI=1S/C19H14FN3O2S2/c1-11-22-23-19(27-11)26-10-15-14-4-2-3-5-16(14)25-17(15)18(24)21-13-8-6-12(20)7-9-13/h2-9H,10H2,1H3,(H,21,24). The minimum Gasteiger partial charge on any atom is -0.451 e. The third-order valence-corrected chi connectivity index (χ3v) is 5.85. The molecule has 0 saturated heterocycles. The highest BCUT2D eigenvalue weighted by molar-refractivity contribution is 8.00. The first-order valence-corrected chi connectivity index (χ1v) is 9.90. The van der Waals surface area contributed by atoms with Crippen molar-refractivity contribution >= 4 is 45.7 Å². The average molecular weight is 399 g/mol. The minimum absolute atomic E-state index is 0.245. The molecule has 136 valence electrons. The number of hydrogen-bond acceptors (Lipinski definition) is 6. The van der Waals surface area contributed by atoms with Crippen LogP contribution in [0.25, 0.3) is 11.0 Å². The van der Waals surface area contributed by atoms with Crippen LogP contribution in [0.5, 0.6) is 0 Å². The van der Waals surface area contributed by atoms with Crippen molar-refractivity contribution in [2.45, 2.75) is 17.0 Å². The topological polar surface area (TPSA) is 68.0 Å². The van der Waals surface area contributed by atoms with Gasteiger partial charge in [-0.2, -0.15) is 0 Å². The number of amides is 1. The van der Waals surface area contributed by atoms with Crippen molar-refractivity contribution in [3.8, 4) is 0 Å². The van der Waals surface area contributed by atoms with E-state index >= 15 is 0 Å². The van der Waals surface area contributed by atoms with Gasteiger partial charge in [0.25, 0.3) is 5.91 Å². The molecular formula is C19H14FN3O2S2. The highest BCUT2D eigenvalue weighted by Gasteiger charge is 2.21. The third kappa shape index (κ3) is 3.86. The minimum atomic E-state index is -0.373. The number of para-hydroxylation sites is 1. The Morgan fingerprint density at radius 1 is 1.19 bits per heavy atom. The SMILES string of the molecule is Cc1nnc(SCc2c(C(=O)Nc3ccc(F)cc3)oc3ccccc23)s1. The number of rotatable bonds is 5. The normalized spacial score (nSPS) is 11.0. The molecule has 1 N–H and O–H groups in total. The van der Waals surface area contributed by atoms with E-state index in [0.29, 0.717) is 17.0 Å². The number of thioether (sulfide) groups is 1. The maximum Gasteiger partial charge on any atom is 0.291 e. The van der Waals surface area contributed by atoms with Gasteiger partial charge >= 0.3 is 0 Å². The molecule has 0 spiro atoms. The van der Waals surface area contributed by atoms with Gasteiger partial charge in [0, 0.05) is 22.4 Å². The Hall–Kier alpha value is -2.71. The predicted molar refractivity (Wildman–Crippen MR) is 105 cm³/mol. The molecule has 2 aromatic heterocycles. The van der Waals surface area contributed by atoms with Crippen LogP contribution in [-0.4, -0.2) is 16.1 Å². The van der Waals surface area contributed by atoms with Crippen LogP contribution in [0.4, 0.5) is 10.1 Å². The molecule has 0 atom stereocenters. The summed E-state index contributed by atoms with van der Waals surface area (Å²) in [6.07, 6.45) is 0. The summed E-state index contributed by atoms with van der Waals surface area (Å²) in [6.45, 7) is 1.90. The molecule has 0 radical (unpaired) electrons. The van der Waals surface area contributed by atoms with Crippen molar-refractivity contribution in [2.24, 2.45) is 0 Å². The number of carbonyl (C=O) groups excluding carboxylic acids is 1. The van der Waals surface area contributed by atoms with Crippen LogP contribution in [0, 0.1) is 12.7 Å². The zero-order valence-corrected chi connectivity index (χ0v) is 15.9. The molecule has 2 heterocycles. The number of carbonyl (C=O) groups is 1. The highest BCUT2D eigenvalue weighted by Crippen LogP contribution is 2.33. The van der Waals surface area contributed by atoms with Crippen molar-refractivity contribution in [2.75, 3.05) is 5.32 Å². The molecule has 0 aliphatic heterocycles. The quantitative estimate of drug-likeness (QED) is 0.463. The van der Waals surface area contributed by atoms with Crippen molar-refractivity contribution in [1.29, 1.82) is 0 Å². The lowest BCUT2D eigenvalue weighted by Crippen LogP contribution is -2.12. The number of fused-ring (bicyclic) bond motifs is 1. The Balaban J connectivity index is 1.64. The van der Waals surface area contributed by atoms with E-state index in [1.165, 1.54) is 47.4 Å². The number of nitrogens with zero attached hydrogens (tertiary/aromatic N) is 2. The van der Waals surface area contributed by atoms with Crippen LogP contribution >= 0.6 is 23.1 Å². The number of nitrogens with one attached hydrogen (secondary N) is 1. The largest absolute Gasteiger partial charge is 0.451 e. The van der Waals surface area contributed by atoms with E-state index in [1.807, 2.05) is 31.2 Å². The summed E-state index contributed by atoms with van der Waals surface area (Å²) in [5.41, 5.74) is 1.94. The molecule has 4 aromatic rings. The second-order valence-corrected chi connectivity index (χ2v) is 8.15. The number of hydrogen-bond donors (Lipinski definition) is 1. The Kier molecular flexibility index (Phi) is 4.91. The van der Waals surface area contributed by atoms with E-state index < -0.39 is 0 Å². The van der Waals surface area contributed by atoms with Crippen molar-refractivity contribution in [3.05, 3.63) is 70.7 Å². The highest BCUT2D eigenvalue weighted by atomic mass is 32.2. The van der Waals surface area contributed by atoms with Gasteiger partial charge in [-0.1, -0.05) is 41.3 Å². The number of halogens is 1. The van der Waals surface area contributed by atoms with Crippen molar-refractivity contribution in [3.63, 3.8) is 0 Å². The molecule has 1 amide bonds. The summed E-state index contributed by atoms with van der Waals surface area (Å²) < 4.78 is 19.7. The van der Waals surface area contributed by atoms with Gasteiger partial charge in [0.1, 0.15) is 16.4 Å². The fourth-order valence-electron chi connectivity index (χ4n) is 2.62. The lowest BCUT2D eigenvalue weighted by molar-refractivity contribution is 0.0998. The molecule has 0 bridgehead atoms. The lowest BCUT2D eigenvalue weighted by Gasteiger charge is -2.05. The molecule has 0 aliphatic rings. The van der Waals surface area contributed by atoms with E-state index in [1.54, 1.807) is 0 Å². The van der Waals surface area contributed by atoms with E-state index in [0.717, 1.165) is 20.3 Å². The second-order valence-electron chi connectivity index (χ2n) is 5.74. The van der Waals surface area contributed by atoms with E-state index in [2.05, 4.69) is 15.5 Å². The molecule has 0 fully saturated rings. The lowest BCUT2D eigenvalue weighted by atomic mass is 10.1. The fraction of sp³-hybridized carbons (Fsp3) is 0.105. The summed E-state index contributed by atoms with van der Waals surface area (Å²) in [5, 5.41) is 12.7. The van der Waals surface area contributed by atoms with Crippen LogP contribution in [0.15, 0.2) is 57.3 Å². The smallest absolute Gasteiger partial charge is 0.291 e. The molecule has 27 heavy (non-hydrogen) atoms. The van der Waals surface area contributed by atoms with Crippen LogP contribution in [0.1, 0.15) is 21.1 Å². The first kappa shape index (κ1) is 17.7. The van der Waals surface area contributed by atoms with Gasteiger partial charge in [0.15, 0.2) is 10.1 Å². The number of anilines is 1. The van der Waals surface area contributed by atoms with E-state index in [-0.39, 0.29) is 17.5 Å². The zero-order valence-electron chi connectivity index (χ0n) is 14.2. The first-order valence-electron chi connectivity index (χ1n) is 8.10. The molecule has 0 aliphatic carbocycles. The number of aryl methyl sites for hydroxylation is 1. The van der Waals surface area contributed by atoms with Crippen molar-refractivity contribution < 1.29 is 13.6 Å². The van der Waals surface area contributed by atoms with Gasteiger partial charge in [0.2, 0.25) is 0 Å². The fourth-order valence-corrected chi connectivity index (χ4v) is 4.46. The van der Waals surface area contributed by atoms with Gasteiger partial charge in [0.05, 0.1) is 0 Å². The molecule has 5 nitrogen and oxygen atoms in total. The van der Waals surface area contributed by atoms with E-state index in [4.69, 9.17) is 4.42 Å². The zero-order chi connectivity index (χ0) is 18.8. The van der Waals surface area contributed by atoms with Crippen LogP contribution in [-0.2, 0) is 5.75 Å². The van der Waals surface area contributed by atoms with Gasteiger partial charge in [-0.15, -0.1) is 10.2 Å². The summed E-state index contributed by atoms with van der Waals surface area (Å²) >= 11 is 3.02. The summed E-state index contributed by atoms with van der Waals surface area (Å²) in [7, 11) is 0.